The van der Waals surface area contributed by atoms with Crippen molar-refractivity contribution in [2.24, 2.45) is 0 Å². The van der Waals surface area contributed by atoms with E-state index in [-0.39, 0.29) is 22.1 Å². The second-order valence-corrected chi connectivity index (χ2v) is 9.05. The van der Waals surface area contributed by atoms with Crippen LogP contribution in [0.25, 0.3) is 0 Å². The molecule has 0 atom stereocenters. The molecule has 160 valence electrons. The monoisotopic (exact) mass is 456 g/mol. The van der Waals surface area contributed by atoms with E-state index in [1.807, 2.05) is 0 Å². The highest BCUT2D eigenvalue weighted by Gasteiger charge is 2.15. The van der Waals surface area contributed by atoms with Gasteiger partial charge in [-0.3, -0.25) is 9.52 Å². The van der Waals surface area contributed by atoms with Crippen molar-refractivity contribution in [3.8, 4) is 0 Å². The quantitative estimate of drug-likeness (QED) is 0.392. The molecule has 0 aromatic heterocycles. The zero-order valence-corrected chi connectivity index (χ0v) is 18.2. The van der Waals surface area contributed by atoms with Crippen molar-refractivity contribution in [1.29, 1.82) is 0 Å². The zero-order chi connectivity index (χ0) is 22.3. The van der Waals surface area contributed by atoms with Crippen LogP contribution in [0.5, 0.6) is 0 Å². The van der Waals surface area contributed by atoms with E-state index in [1.165, 1.54) is 31.0 Å². The molecule has 0 aliphatic heterocycles. The Kier molecular flexibility index (Phi) is 7.32. The number of hydrogen-bond donors (Lipinski definition) is 2. The largest absolute Gasteiger partial charge is 0.465 e. The fourth-order valence-corrected chi connectivity index (χ4v) is 4.43. The zero-order valence-electron chi connectivity index (χ0n) is 16.6. The molecule has 0 spiro atoms. The Balaban J connectivity index is 1.57. The standard InChI is InChI=1S/C22H20N2O5S2/c1-29-22(26)19-9-5-6-10-20(19)23-21(25)15-30-17-13-11-16(12-14-17)24-31(27,28)18-7-3-2-4-8-18/h2-14,24H,15H2,1H3,(H,23,25). The Morgan fingerprint density at radius 1 is 0.903 bits per heavy atom. The molecule has 31 heavy (non-hydrogen) atoms. The molecule has 0 radical (unpaired) electrons. The van der Waals surface area contributed by atoms with E-state index in [0.29, 0.717) is 11.4 Å². The van der Waals surface area contributed by atoms with Crippen LogP contribution >= 0.6 is 11.8 Å². The van der Waals surface area contributed by atoms with E-state index < -0.39 is 16.0 Å². The van der Waals surface area contributed by atoms with Gasteiger partial charge in [0.25, 0.3) is 10.0 Å². The summed E-state index contributed by atoms with van der Waals surface area (Å²) >= 11 is 1.29. The molecule has 2 N–H and O–H groups in total. The molecule has 9 heteroatoms. The molecule has 3 aromatic rings. The van der Waals surface area contributed by atoms with E-state index in [9.17, 15) is 18.0 Å². The smallest absolute Gasteiger partial charge is 0.339 e. The fourth-order valence-electron chi connectivity index (χ4n) is 2.65. The van der Waals surface area contributed by atoms with E-state index in [0.717, 1.165) is 4.90 Å². The van der Waals surface area contributed by atoms with Gasteiger partial charge in [0.05, 0.1) is 29.0 Å². The number of anilines is 2. The summed E-state index contributed by atoms with van der Waals surface area (Å²) in [6, 6.07) is 21.4. The third-order valence-corrected chi connectivity index (χ3v) is 6.55. The number of sulfonamides is 1. The molecule has 0 unspecified atom stereocenters. The molecule has 3 aromatic carbocycles. The summed E-state index contributed by atoms with van der Waals surface area (Å²) in [5.41, 5.74) is 1.08. The maximum atomic E-state index is 12.4. The third-order valence-electron chi connectivity index (χ3n) is 4.14. The highest BCUT2D eigenvalue weighted by Crippen LogP contribution is 2.23. The van der Waals surface area contributed by atoms with Crippen molar-refractivity contribution in [1.82, 2.24) is 0 Å². The van der Waals surface area contributed by atoms with Gasteiger partial charge in [0.15, 0.2) is 0 Å². The number of rotatable bonds is 8. The number of nitrogens with one attached hydrogen (secondary N) is 2. The summed E-state index contributed by atoms with van der Waals surface area (Å²) in [4.78, 5) is 25.0. The van der Waals surface area contributed by atoms with Crippen molar-refractivity contribution >= 4 is 45.0 Å². The summed E-state index contributed by atoms with van der Waals surface area (Å²) < 4.78 is 32.0. The minimum atomic E-state index is -3.66. The Morgan fingerprint density at radius 3 is 2.23 bits per heavy atom. The molecule has 0 saturated carbocycles. The van der Waals surface area contributed by atoms with Gasteiger partial charge < -0.3 is 10.1 Å². The van der Waals surface area contributed by atoms with Gasteiger partial charge in [-0.15, -0.1) is 11.8 Å². The summed E-state index contributed by atoms with van der Waals surface area (Å²) in [5, 5.41) is 2.70. The second kappa shape index (κ2) is 10.1. The first-order valence-corrected chi connectivity index (χ1v) is 11.6. The number of benzene rings is 3. The summed E-state index contributed by atoms with van der Waals surface area (Å²) in [6.45, 7) is 0. The van der Waals surface area contributed by atoms with Gasteiger partial charge in [-0.1, -0.05) is 30.3 Å². The molecule has 0 aliphatic carbocycles. The molecule has 1 amide bonds. The SMILES string of the molecule is COC(=O)c1ccccc1NC(=O)CSc1ccc(NS(=O)(=O)c2ccccc2)cc1. The Bertz CT molecular complexity index is 1160. The lowest BCUT2D eigenvalue weighted by Gasteiger charge is -2.10. The van der Waals surface area contributed by atoms with Crippen molar-refractivity contribution in [3.63, 3.8) is 0 Å². The highest BCUT2D eigenvalue weighted by atomic mass is 32.2. The minimum Gasteiger partial charge on any atom is -0.465 e. The Labute approximate surface area is 184 Å². The minimum absolute atomic E-state index is 0.116. The topological polar surface area (TPSA) is 102 Å². The molecular formula is C22H20N2O5S2. The van der Waals surface area contributed by atoms with Crippen LogP contribution in [-0.4, -0.2) is 33.2 Å². The molecule has 0 aliphatic rings. The lowest BCUT2D eigenvalue weighted by atomic mass is 10.2. The van der Waals surface area contributed by atoms with Crippen molar-refractivity contribution < 1.29 is 22.7 Å². The van der Waals surface area contributed by atoms with Crippen molar-refractivity contribution in [2.75, 3.05) is 22.9 Å². The molecule has 0 fully saturated rings. The number of esters is 1. The average molecular weight is 457 g/mol. The number of carbonyl (C=O) groups excluding carboxylic acids is 2. The molecule has 7 nitrogen and oxygen atoms in total. The lowest BCUT2D eigenvalue weighted by Crippen LogP contribution is -2.17. The van der Waals surface area contributed by atoms with Crippen LogP contribution in [0, 0.1) is 0 Å². The first-order valence-electron chi connectivity index (χ1n) is 9.17. The first kappa shape index (κ1) is 22.4. The highest BCUT2D eigenvalue weighted by molar-refractivity contribution is 8.00. The summed E-state index contributed by atoms with van der Waals surface area (Å²) in [7, 11) is -2.38. The maximum Gasteiger partial charge on any atom is 0.339 e. The Hall–Kier alpha value is -3.30. The fraction of sp³-hybridized carbons (Fsp3) is 0.0909. The maximum absolute atomic E-state index is 12.4. The average Bonchev–Trinajstić information content (AvgIpc) is 2.79. The lowest BCUT2D eigenvalue weighted by molar-refractivity contribution is -0.113. The number of hydrogen-bond acceptors (Lipinski definition) is 6. The van der Waals surface area contributed by atoms with Crippen LogP contribution in [0.1, 0.15) is 10.4 Å². The predicted molar refractivity (Wildman–Crippen MR) is 121 cm³/mol. The third kappa shape index (κ3) is 6.09. The molecule has 0 saturated heterocycles. The van der Waals surface area contributed by atoms with Crippen LogP contribution in [-0.2, 0) is 19.6 Å². The van der Waals surface area contributed by atoms with Gasteiger partial charge in [0, 0.05) is 10.6 Å². The summed E-state index contributed by atoms with van der Waals surface area (Å²) in [5.74, 6) is -0.697. The number of carbonyl (C=O) groups is 2. The van der Waals surface area contributed by atoms with Crippen LogP contribution in [0.3, 0.4) is 0 Å². The molecule has 0 bridgehead atoms. The van der Waals surface area contributed by atoms with Gasteiger partial charge in [0.2, 0.25) is 5.91 Å². The molecule has 3 rings (SSSR count). The Morgan fingerprint density at radius 2 is 1.55 bits per heavy atom. The van der Waals surface area contributed by atoms with Crippen molar-refractivity contribution in [2.45, 2.75) is 9.79 Å². The predicted octanol–water partition coefficient (Wildman–Crippen LogP) is 4.00. The molecule has 0 heterocycles. The molecular weight excluding hydrogens is 436 g/mol. The van der Waals surface area contributed by atoms with Crippen LogP contribution in [0.4, 0.5) is 11.4 Å². The van der Waals surface area contributed by atoms with Gasteiger partial charge >= 0.3 is 5.97 Å². The van der Waals surface area contributed by atoms with E-state index in [1.54, 1.807) is 66.7 Å². The number of ether oxygens (including phenoxy) is 1. The first-order chi connectivity index (χ1) is 14.9. The van der Waals surface area contributed by atoms with Crippen LogP contribution in [0.15, 0.2) is 88.7 Å². The van der Waals surface area contributed by atoms with Crippen LogP contribution < -0.4 is 10.0 Å². The number of para-hydroxylation sites is 1. The second-order valence-electron chi connectivity index (χ2n) is 6.32. The van der Waals surface area contributed by atoms with E-state index in [2.05, 4.69) is 10.0 Å². The van der Waals surface area contributed by atoms with Crippen LogP contribution in [0.2, 0.25) is 0 Å². The number of amides is 1. The van der Waals surface area contributed by atoms with Gasteiger partial charge in [-0.2, -0.15) is 0 Å². The van der Waals surface area contributed by atoms with E-state index in [4.69, 9.17) is 4.74 Å². The van der Waals surface area contributed by atoms with E-state index >= 15 is 0 Å². The number of thioether (sulfide) groups is 1. The van der Waals surface area contributed by atoms with Gasteiger partial charge in [0.1, 0.15) is 0 Å². The number of methoxy groups -OCH3 is 1. The summed E-state index contributed by atoms with van der Waals surface area (Å²) in [6.07, 6.45) is 0. The van der Waals surface area contributed by atoms with Gasteiger partial charge in [-0.25, -0.2) is 13.2 Å². The van der Waals surface area contributed by atoms with Crippen molar-refractivity contribution in [3.05, 3.63) is 84.4 Å². The normalized spacial score (nSPS) is 10.9. The van der Waals surface area contributed by atoms with Gasteiger partial charge in [-0.05, 0) is 48.5 Å².